The molecule has 1 aromatic carbocycles. The van der Waals surface area contributed by atoms with Gasteiger partial charge in [0, 0.05) is 11.6 Å². The summed E-state index contributed by atoms with van der Waals surface area (Å²) in [5, 5.41) is 6.80. The van der Waals surface area contributed by atoms with Crippen LogP contribution in [0.25, 0.3) is 0 Å². The lowest BCUT2D eigenvalue weighted by atomic mass is 10.1. The van der Waals surface area contributed by atoms with Crippen LogP contribution in [0.3, 0.4) is 0 Å². The minimum Gasteiger partial charge on any atom is -0.366 e. The van der Waals surface area contributed by atoms with Crippen molar-refractivity contribution in [2.75, 3.05) is 13.1 Å². The summed E-state index contributed by atoms with van der Waals surface area (Å²) in [7, 11) is 0. The predicted molar refractivity (Wildman–Crippen MR) is 73.0 cm³/mol. The topological polar surface area (TPSA) is 50.4 Å². The van der Waals surface area contributed by atoms with Gasteiger partial charge in [0.15, 0.2) is 0 Å². The van der Waals surface area contributed by atoms with Crippen molar-refractivity contribution in [1.29, 1.82) is 0 Å². The van der Waals surface area contributed by atoms with E-state index in [9.17, 15) is 0 Å². The maximum atomic E-state index is 4.49. The van der Waals surface area contributed by atoms with Crippen LogP contribution in [-0.2, 0) is 0 Å². The van der Waals surface area contributed by atoms with E-state index in [-0.39, 0.29) is 0 Å². The molecule has 18 heavy (non-hydrogen) atoms. The third kappa shape index (κ3) is 2.10. The first-order valence-electron chi connectivity index (χ1n) is 6.51. The highest BCUT2D eigenvalue weighted by Gasteiger charge is 2.21. The Morgan fingerprint density at radius 3 is 2.33 bits per heavy atom. The molecule has 0 amide bonds. The summed E-state index contributed by atoms with van der Waals surface area (Å²) in [6, 6.07) is 9.47. The summed E-state index contributed by atoms with van der Waals surface area (Å²) in [4.78, 5) is 7.87. The van der Waals surface area contributed by atoms with E-state index in [4.69, 9.17) is 0 Å². The van der Waals surface area contributed by atoms with Gasteiger partial charge < -0.3 is 5.32 Å². The molecule has 0 aromatic heterocycles. The van der Waals surface area contributed by atoms with Crippen LogP contribution in [0.15, 0.2) is 29.3 Å². The van der Waals surface area contributed by atoms with Gasteiger partial charge in [0.25, 0.3) is 5.84 Å². The molecule has 1 aromatic rings. The van der Waals surface area contributed by atoms with E-state index in [2.05, 4.69) is 58.7 Å². The SMILES string of the molecule is CC1CN=C(c2ccc(C3=[NH+]CC(C)N3)cc2)N1. The lowest BCUT2D eigenvalue weighted by Crippen LogP contribution is -2.71. The summed E-state index contributed by atoms with van der Waals surface area (Å²) in [5.74, 6) is 2.14. The summed E-state index contributed by atoms with van der Waals surface area (Å²) >= 11 is 0. The van der Waals surface area contributed by atoms with Crippen molar-refractivity contribution in [3.63, 3.8) is 0 Å². The van der Waals surface area contributed by atoms with Crippen LogP contribution in [0.5, 0.6) is 0 Å². The molecule has 0 fully saturated rings. The van der Waals surface area contributed by atoms with E-state index in [1.165, 1.54) is 5.56 Å². The highest BCUT2D eigenvalue weighted by atomic mass is 15.1. The Hall–Kier alpha value is -1.84. The standard InChI is InChI=1S/C14H18N4/c1-9-7-15-13(17-9)11-3-5-12(6-4-11)14-16-8-10(2)18-14/h3-6,9-10H,7-8H2,1-2H3,(H,15,17)(H,16,18)/p+1. The molecule has 3 rings (SSSR count). The van der Waals surface area contributed by atoms with Crippen LogP contribution >= 0.6 is 0 Å². The van der Waals surface area contributed by atoms with Gasteiger partial charge in [0.1, 0.15) is 18.4 Å². The molecular weight excluding hydrogens is 224 g/mol. The fraction of sp³-hybridized carbons (Fsp3) is 0.429. The minimum atomic E-state index is 0.452. The Morgan fingerprint density at radius 1 is 1.06 bits per heavy atom. The van der Waals surface area contributed by atoms with Gasteiger partial charge in [-0.2, -0.15) is 0 Å². The first kappa shape index (κ1) is 11.3. The van der Waals surface area contributed by atoms with Crippen molar-refractivity contribution in [3.8, 4) is 0 Å². The Balaban J connectivity index is 1.77. The molecule has 2 aliphatic heterocycles. The molecule has 0 saturated carbocycles. The second-order valence-corrected chi connectivity index (χ2v) is 5.11. The lowest BCUT2D eigenvalue weighted by Gasteiger charge is -2.06. The molecule has 3 N–H and O–H groups in total. The number of benzene rings is 1. The van der Waals surface area contributed by atoms with Crippen molar-refractivity contribution in [2.45, 2.75) is 25.9 Å². The van der Waals surface area contributed by atoms with Gasteiger partial charge in [-0.25, -0.2) is 0 Å². The molecule has 2 aliphatic rings. The smallest absolute Gasteiger partial charge is 0.275 e. The van der Waals surface area contributed by atoms with Gasteiger partial charge in [-0.15, -0.1) is 0 Å². The number of nitrogens with zero attached hydrogens (tertiary/aromatic N) is 1. The van der Waals surface area contributed by atoms with Gasteiger partial charge in [-0.05, 0) is 26.0 Å². The molecule has 0 bridgehead atoms. The van der Waals surface area contributed by atoms with Crippen LogP contribution in [0.4, 0.5) is 0 Å². The zero-order chi connectivity index (χ0) is 12.5. The number of rotatable bonds is 2. The number of amidine groups is 2. The molecule has 0 spiro atoms. The molecule has 4 nitrogen and oxygen atoms in total. The van der Waals surface area contributed by atoms with Gasteiger partial charge in [-0.1, -0.05) is 12.1 Å². The number of aliphatic imine (C=N–C) groups is 1. The highest BCUT2D eigenvalue weighted by Crippen LogP contribution is 2.08. The fourth-order valence-corrected chi connectivity index (χ4v) is 2.31. The highest BCUT2D eigenvalue weighted by molar-refractivity contribution is 6.01. The largest absolute Gasteiger partial charge is 0.366 e. The Morgan fingerprint density at radius 2 is 1.78 bits per heavy atom. The lowest BCUT2D eigenvalue weighted by molar-refractivity contribution is -0.447. The third-order valence-electron chi connectivity index (χ3n) is 3.33. The van der Waals surface area contributed by atoms with Crippen molar-refractivity contribution in [3.05, 3.63) is 35.4 Å². The molecule has 2 unspecified atom stereocenters. The zero-order valence-corrected chi connectivity index (χ0v) is 10.8. The van der Waals surface area contributed by atoms with Gasteiger partial charge in [0.2, 0.25) is 0 Å². The summed E-state index contributed by atoms with van der Waals surface area (Å²) < 4.78 is 0. The second-order valence-electron chi connectivity index (χ2n) is 5.11. The summed E-state index contributed by atoms with van der Waals surface area (Å²) in [5.41, 5.74) is 2.37. The van der Waals surface area contributed by atoms with E-state index in [1.54, 1.807) is 0 Å². The molecule has 2 heterocycles. The van der Waals surface area contributed by atoms with E-state index >= 15 is 0 Å². The second kappa shape index (κ2) is 4.44. The van der Waals surface area contributed by atoms with E-state index < -0.39 is 0 Å². The monoisotopic (exact) mass is 243 g/mol. The van der Waals surface area contributed by atoms with E-state index in [0.29, 0.717) is 12.1 Å². The average molecular weight is 243 g/mol. The Labute approximate surface area is 107 Å². The van der Waals surface area contributed by atoms with Crippen LogP contribution in [0.1, 0.15) is 25.0 Å². The van der Waals surface area contributed by atoms with Crippen LogP contribution in [0.2, 0.25) is 0 Å². The van der Waals surface area contributed by atoms with Crippen LogP contribution in [-0.4, -0.2) is 36.8 Å². The average Bonchev–Trinajstić information content (AvgIpc) is 2.98. The molecule has 0 radical (unpaired) electrons. The molecule has 94 valence electrons. The zero-order valence-electron chi connectivity index (χ0n) is 10.8. The van der Waals surface area contributed by atoms with E-state index in [0.717, 1.165) is 30.3 Å². The normalized spacial score (nSPS) is 26.3. The predicted octanol–water partition coefficient (Wildman–Crippen LogP) is -0.756. The maximum Gasteiger partial charge on any atom is 0.275 e. The van der Waals surface area contributed by atoms with E-state index in [1.807, 2.05) is 0 Å². The summed E-state index contributed by atoms with van der Waals surface area (Å²) in [6.07, 6.45) is 0. The molecule has 2 atom stereocenters. The van der Waals surface area contributed by atoms with Crippen molar-refractivity contribution in [1.82, 2.24) is 10.6 Å². The van der Waals surface area contributed by atoms with Gasteiger partial charge in [0.05, 0.1) is 12.1 Å². The Bertz CT molecular complexity index is 454. The number of nitrogens with one attached hydrogen (secondary N) is 3. The van der Waals surface area contributed by atoms with Crippen LogP contribution < -0.4 is 15.6 Å². The molecule has 0 aliphatic carbocycles. The van der Waals surface area contributed by atoms with Gasteiger partial charge in [-0.3, -0.25) is 15.3 Å². The molecule has 0 saturated heterocycles. The first-order chi connectivity index (χ1) is 8.72. The van der Waals surface area contributed by atoms with Crippen molar-refractivity contribution in [2.24, 2.45) is 4.99 Å². The number of hydrogen-bond acceptors (Lipinski definition) is 3. The van der Waals surface area contributed by atoms with Gasteiger partial charge >= 0.3 is 0 Å². The molecular formula is C14H19N4+. The quantitative estimate of drug-likeness (QED) is 0.640. The maximum absolute atomic E-state index is 4.49. The fourth-order valence-electron chi connectivity index (χ4n) is 2.31. The number of hydrogen-bond donors (Lipinski definition) is 3. The molecule has 4 heteroatoms. The minimum absolute atomic E-state index is 0.452. The van der Waals surface area contributed by atoms with Crippen LogP contribution in [0, 0.1) is 0 Å². The Kier molecular flexibility index (Phi) is 2.78. The third-order valence-corrected chi connectivity index (χ3v) is 3.33. The first-order valence-corrected chi connectivity index (χ1v) is 6.51. The van der Waals surface area contributed by atoms with Crippen molar-refractivity contribution >= 4 is 11.7 Å². The summed E-state index contributed by atoms with van der Waals surface area (Å²) in [6.45, 7) is 6.18. The van der Waals surface area contributed by atoms with Crippen molar-refractivity contribution < 1.29 is 4.99 Å².